The molecule has 8 heterocycles. The Balaban J connectivity index is 0.767. The van der Waals surface area contributed by atoms with E-state index in [1.54, 1.807) is 22.5 Å². The number of piperidine rings is 1. The number of fused-ring (bicyclic) bond motifs is 4. The molecule has 60 heavy (non-hydrogen) atoms. The number of morpholine rings is 2. The number of rotatable bonds is 10. The number of hydrogen-bond acceptors (Lipinski definition) is 11. The molecule has 5 aliphatic rings. The number of imidazole rings is 1. The second-order valence-corrected chi connectivity index (χ2v) is 16.9. The average molecular weight is 828 g/mol. The van der Waals surface area contributed by atoms with Gasteiger partial charge >= 0.3 is 5.69 Å². The Hall–Kier alpha value is -5.53. The van der Waals surface area contributed by atoms with Crippen LogP contribution in [0.3, 0.4) is 0 Å². The zero-order valence-corrected chi connectivity index (χ0v) is 33.2. The maximum atomic E-state index is 14.3. The van der Waals surface area contributed by atoms with Crippen LogP contribution in [0.5, 0.6) is 0 Å². The summed E-state index contributed by atoms with van der Waals surface area (Å²) in [6.07, 6.45) is 7.17. The second-order valence-electron chi connectivity index (χ2n) is 16.9. The summed E-state index contributed by atoms with van der Waals surface area (Å²) in [6, 6.07) is 6.99. The number of para-hydroxylation sites is 1. The summed E-state index contributed by atoms with van der Waals surface area (Å²) in [5.41, 5.74) is 2.10. The first-order valence-electron chi connectivity index (χ1n) is 20.9. The zero-order chi connectivity index (χ0) is 41.2. The Morgan fingerprint density at radius 3 is 2.67 bits per heavy atom. The lowest BCUT2D eigenvalue weighted by Crippen LogP contribution is -2.45. The lowest BCUT2D eigenvalue weighted by Gasteiger charge is -2.37. The first-order valence-corrected chi connectivity index (χ1v) is 20.9. The molecule has 2 N–H and O–H groups in total. The largest absolute Gasteiger partial charge is 0.375 e. The van der Waals surface area contributed by atoms with Gasteiger partial charge < -0.3 is 19.7 Å². The van der Waals surface area contributed by atoms with Crippen molar-refractivity contribution >= 4 is 45.9 Å². The fourth-order valence-corrected chi connectivity index (χ4v) is 10.1. The van der Waals surface area contributed by atoms with Gasteiger partial charge in [0.2, 0.25) is 11.8 Å². The predicted molar refractivity (Wildman–Crippen MR) is 213 cm³/mol. The van der Waals surface area contributed by atoms with E-state index in [1.807, 2.05) is 24.3 Å². The molecule has 5 aromatic rings. The molecule has 1 saturated carbocycles. The lowest BCUT2D eigenvalue weighted by atomic mass is 9.85. The van der Waals surface area contributed by atoms with Gasteiger partial charge in [-0.2, -0.15) is 10.2 Å². The number of halogens is 2. The van der Waals surface area contributed by atoms with E-state index in [0.29, 0.717) is 36.7 Å². The van der Waals surface area contributed by atoms with Crippen LogP contribution in [-0.2, 0) is 32.5 Å². The SMILES string of the molecule is Cn1c(=O)n(C2CCC(=O)NC2=O)c2cccc(C[C@@H]3CN(C[C@H]4CC[C@H](n5cc(NC(=O)c6cnn7ccc(N8C[C@H]9C[C@@H]8CO9)nc67)c(C(F)F)n5)CC4)CCO3)c21. The highest BCUT2D eigenvalue weighted by Gasteiger charge is 2.40. The number of amides is 3. The van der Waals surface area contributed by atoms with Crippen LogP contribution >= 0.6 is 0 Å². The van der Waals surface area contributed by atoms with Crippen molar-refractivity contribution in [1.82, 2.24) is 43.7 Å². The summed E-state index contributed by atoms with van der Waals surface area (Å²) in [4.78, 5) is 60.8. The van der Waals surface area contributed by atoms with Crippen LogP contribution in [0.2, 0.25) is 0 Å². The van der Waals surface area contributed by atoms with Gasteiger partial charge in [-0.1, -0.05) is 12.1 Å². The number of aromatic nitrogens is 7. The number of ether oxygens (including phenoxy) is 2. The fourth-order valence-electron chi connectivity index (χ4n) is 10.1. The molecule has 0 radical (unpaired) electrons. The summed E-state index contributed by atoms with van der Waals surface area (Å²) in [5, 5.41) is 13.6. The van der Waals surface area contributed by atoms with E-state index in [4.69, 9.17) is 14.5 Å². The van der Waals surface area contributed by atoms with E-state index in [-0.39, 0.29) is 60.0 Å². The Morgan fingerprint density at radius 1 is 1.05 bits per heavy atom. The summed E-state index contributed by atoms with van der Waals surface area (Å²) < 4.78 is 46.8. The van der Waals surface area contributed by atoms with Crippen molar-refractivity contribution in [3.05, 3.63) is 70.2 Å². The van der Waals surface area contributed by atoms with Crippen LogP contribution in [0, 0.1) is 5.92 Å². The first-order chi connectivity index (χ1) is 29.1. The second kappa shape index (κ2) is 15.5. The minimum absolute atomic E-state index is 0.0238. The molecule has 316 valence electrons. The van der Waals surface area contributed by atoms with E-state index in [9.17, 15) is 28.0 Å². The van der Waals surface area contributed by atoms with Gasteiger partial charge in [-0.15, -0.1) is 0 Å². The number of benzene rings is 1. The fraction of sp³-hybridized carbons (Fsp3) is 0.537. The highest BCUT2D eigenvalue weighted by Crippen LogP contribution is 2.36. The van der Waals surface area contributed by atoms with Crippen molar-refractivity contribution < 1.29 is 32.6 Å². The van der Waals surface area contributed by atoms with Crippen molar-refractivity contribution in [2.75, 3.05) is 49.6 Å². The Kier molecular flexibility index (Phi) is 9.98. The number of hydrogen-bond donors (Lipinski definition) is 2. The van der Waals surface area contributed by atoms with E-state index < -0.39 is 30.0 Å². The van der Waals surface area contributed by atoms with Crippen molar-refractivity contribution in [2.24, 2.45) is 13.0 Å². The maximum Gasteiger partial charge on any atom is 0.329 e. The molecule has 4 atom stereocenters. The highest BCUT2D eigenvalue weighted by atomic mass is 19.3. The standard InChI is InChI=1S/C41H47F2N11O6/c1-49-36-24(3-2-4-31(36)54(41(49)58)32-9-10-34(55)47-40(32)57)15-27-19-50(13-14-59-27)18-23-5-7-25(8-6-23)53-21-30(35(48-53)37(42)43)45-39(56)29-17-44-52-12-11-33(46-38(29)52)51-20-28-16-26(51)22-60-28/h2-4,11-12,17,21,23,25-28,32,37H,5-10,13-16,18-20,22H2,1H3,(H,45,56)(H,47,55,57)/t23-,25-,26-,27-,28-,32?/m1/s1. The number of aryl methyl sites for hydroxylation is 1. The zero-order valence-electron chi connectivity index (χ0n) is 33.2. The van der Waals surface area contributed by atoms with Crippen LogP contribution in [0.25, 0.3) is 16.7 Å². The number of imide groups is 1. The molecule has 10 rings (SSSR count). The normalized spacial score (nSPS) is 26.2. The van der Waals surface area contributed by atoms with E-state index >= 15 is 0 Å². The number of anilines is 2. The molecule has 4 aromatic heterocycles. The van der Waals surface area contributed by atoms with E-state index in [0.717, 1.165) is 75.2 Å². The predicted octanol–water partition coefficient (Wildman–Crippen LogP) is 3.40. The van der Waals surface area contributed by atoms with Crippen LogP contribution in [0.15, 0.2) is 47.7 Å². The Bertz CT molecular complexity index is 2540. The smallest absolute Gasteiger partial charge is 0.329 e. The van der Waals surface area contributed by atoms with Gasteiger partial charge in [0.25, 0.3) is 12.3 Å². The number of carbonyl (C=O) groups excluding carboxylic acids is 3. The molecule has 5 fully saturated rings. The maximum absolute atomic E-state index is 14.3. The molecular weight excluding hydrogens is 781 g/mol. The third kappa shape index (κ3) is 7.04. The molecule has 0 spiro atoms. The summed E-state index contributed by atoms with van der Waals surface area (Å²) in [5.74, 6) is -0.242. The minimum Gasteiger partial charge on any atom is -0.375 e. The van der Waals surface area contributed by atoms with Crippen LogP contribution in [0.1, 0.15) is 85.1 Å². The monoisotopic (exact) mass is 827 g/mol. The first kappa shape index (κ1) is 38.7. The molecule has 4 saturated heterocycles. The summed E-state index contributed by atoms with van der Waals surface area (Å²) in [7, 11) is 1.71. The van der Waals surface area contributed by atoms with Crippen molar-refractivity contribution in [2.45, 2.75) is 88.1 Å². The topological polar surface area (TPSA) is 175 Å². The van der Waals surface area contributed by atoms with Gasteiger partial charge in [-0.25, -0.2) is 23.1 Å². The molecule has 4 aliphatic heterocycles. The van der Waals surface area contributed by atoms with Gasteiger partial charge in [-0.05, 0) is 62.1 Å². The van der Waals surface area contributed by atoms with Crippen molar-refractivity contribution in [3.8, 4) is 0 Å². The number of alkyl halides is 2. The molecule has 1 aromatic carbocycles. The van der Waals surface area contributed by atoms with Gasteiger partial charge in [-0.3, -0.25) is 38.4 Å². The lowest BCUT2D eigenvalue weighted by molar-refractivity contribution is -0.135. The highest BCUT2D eigenvalue weighted by molar-refractivity contribution is 6.08. The third-order valence-corrected chi connectivity index (χ3v) is 13.1. The van der Waals surface area contributed by atoms with Gasteiger partial charge in [0.15, 0.2) is 11.3 Å². The minimum atomic E-state index is -2.88. The molecule has 17 nitrogen and oxygen atoms in total. The summed E-state index contributed by atoms with van der Waals surface area (Å²) in [6.45, 7) is 4.34. The van der Waals surface area contributed by atoms with Crippen LogP contribution < -0.4 is 21.2 Å². The molecule has 1 aliphatic carbocycles. The molecule has 1 unspecified atom stereocenters. The molecule has 3 amide bonds. The Morgan fingerprint density at radius 2 is 1.90 bits per heavy atom. The number of nitrogens with zero attached hydrogens (tertiary/aromatic N) is 9. The molecular formula is C41H47F2N11O6. The van der Waals surface area contributed by atoms with E-state index in [2.05, 4.69) is 30.6 Å². The van der Waals surface area contributed by atoms with Crippen molar-refractivity contribution in [1.29, 1.82) is 0 Å². The third-order valence-electron chi connectivity index (χ3n) is 13.1. The number of nitrogens with one attached hydrogen (secondary N) is 2. The number of carbonyl (C=O) groups is 3. The Labute approximate surface area is 342 Å². The summed E-state index contributed by atoms with van der Waals surface area (Å²) >= 11 is 0. The average Bonchev–Trinajstić information content (AvgIpc) is 4.09. The van der Waals surface area contributed by atoms with Gasteiger partial charge in [0.1, 0.15) is 17.4 Å². The van der Waals surface area contributed by atoms with Crippen molar-refractivity contribution in [3.63, 3.8) is 0 Å². The molecule has 2 bridgehead atoms. The quantitative estimate of drug-likeness (QED) is 0.198. The van der Waals surface area contributed by atoms with E-state index in [1.165, 1.54) is 21.5 Å². The molecule has 19 heteroatoms. The van der Waals surface area contributed by atoms with Crippen LogP contribution in [0.4, 0.5) is 20.3 Å². The van der Waals surface area contributed by atoms with Crippen LogP contribution in [-0.4, -0.2) is 114 Å². The van der Waals surface area contributed by atoms with Gasteiger partial charge in [0.05, 0.1) is 60.4 Å². The van der Waals surface area contributed by atoms with Gasteiger partial charge in [0, 0.05) is 58.5 Å².